The molecule has 1 aromatic heterocycles. The molecule has 2 rings (SSSR count). The molecule has 0 saturated carbocycles. The normalized spacial score (nSPS) is 10.3. The predicted octanol–water partition coefficient (Wildman–Crippen LogP) is 3.30. The van der Waals surface area contributed by atoms with E-state index in [-0.39, 0.29) is 0 Å². The van der Waals surface area contributed by atoms with Crippen LogP contribution in [-0.2, 0) is 7.05 Å². The molecule has 0 aliphatic rings. The average molecular weight is 283 g/mol. The molecule has 0 aliphatic carbocycles. The molecule has 0 saturated heterocycles. The molecule has 0 spiro atoms. The van der Waals surface area contributed by atoms with Gasteiger partial charge >= 0.3 is 0 Å². The van der Waals surface area contributed by atoms with Crippen molar-refractivity contribution in [2.45, 2.75) is 0 Å². The van der Waals surface area contributed by atoms with E-state index in [0.717, 1.165) is 0 Å². The van der Waals surface area contributed by atoms with E-state index in [1.807, 2.05) is 6.07 Å². The fourth-order valence-electron chi connectivity index (χ4n) is 1.34. The third kappa shape index (κ3) is 1.63. The van der Waals surface area contributed by atoms with Crippen LogP contribution in [0.4, 0.5) is 0 Å². The van der Waals surface area contributed by atoms with Gasteiger partial charge in [0, 0.05) is 18.8 Å². The lowest BCUT2D eigenvalue weighted by Gasteiger charge is -1.99. The van der Waals surface area contributed by atoms with Gasteiger partial charge in [-0.2, -0.15) is 0 Å². The molecule has 1 aromatic carbocycles. The minimum Gasteiger partial charge on any atom is -0.346 e. The Bertz CT molecular complexity index is 403. The van der Waals surface area contributed by atoms with Crippen molar-refractivity contribution >= 4 is 22.6 Å². The summed E-state index contributed by atoms with van der Waals surface area (Å²) in [6.07, 6.45) is 2.09. The third-order valence-corrected chi connectivity index (χ3v) is 3.42. The molecule has 2 heteroatoms. The van der Waals surface area contributed by atoms with E-state index >= 15 is 0 Å². The number of aryl methyl sites for hydroxylation is 1. The summed E-state index contributed by atoms with van der Waals surface area (Å²) in [6.45, 7) is 0. The van der Waals surface area contributed by atoms with Gasteiger partial charge in [0.25, 0.3) is 0 Å². The highest BCUT2D eigenvalue weighted by atomic mass is 127. The number of nitrogens with zero attached hydrogens (tertiary/aromatic N) is 1. The molecule has 0 radical (unpaired) electrons. The molecule has 1 heterocycles. The quantitative estimate of drug-likeness (QED) is 0.708. The fourth-order valence-corrected chi connectivity index (χ4v) is 2.00. The molecule has 1 nitrogen and oxygen atoms in total. The van der Waals surface area contributed by atoms with E-state index in [1.165, 1.54) is 14.8 Å². The number of aromatic nitrogens is 1. The highest BCUT2D eigenvalue weighted by Crippen LogP contribution is 2.25. The zero-order valence-corrected chi connectivity index (χ0v) is 9.52. The Hall–Kier alpha value is -0.770. The molecular weight excluding hydrogens is 273 g/mol. The summed E-state index contributed by atoms with van der Waals surface area (Å²) in [4.78, 5) is 0. The van der Waals surface area contributed by atoms with Crippen molar-refractivity contribution in [3.05, 3.63) is 46.3 Å². The Morgan fingerprint density at radius 3 is 2.31 bits per heavy atom. The van der Waals surface area contributed by atoms with Crippen LogP contribution >= 0.6 is 22.6 Å². The van der Waals surface area contributed by atoms with Crippen molar-refractivity contribution in [2.24, 2.45) is 7.05 Å². The van der Waals surface area contributed by atoms with Gasteiger partial charge in [-0.1, -0.05) is 30.3 Å². The molecule has 0 amide bonds. The molecule has 66 valence electrons. The van der Waals surface area contributed by atoms with Crippen molar-refractivity contribution in [1.82, 2.24) is 4.57 Å². The third-order valence-electron chi connectivity index (χ3n) is 2.08. The van der Waals surface area contributed by atoms with Crippen molar-refractivity contribution in [1.29, 1.82) is 0 Å². The standard InChI is InChI=1S/C11H10IN/c1-13-8-7-10(11(13)12)9-5-3-2-4-6-9/h2-8H,1H3. The van der Waals surface area contributed by atoms with Gasteiger partial charge in [-0.25, -0.2) is 0 Å². The van der Waals surface area contributed by atoms with Crippen LogP contribution in [-0.4, -0.2) is 4.57 Å². The summed E-state index contributed by atoms with van der Waals surface area (Å²) >= 11 is 2.37. The first kappa shape index (κ1) is 8.81. The first-order valence-corrected chi connectivity index (χ1v) is 5.23. The second-order valence-electron chi connectivity index (χ2n) is 3.00. The number of halogens is 1. The summed E-state index contributed by atoms with van der Waals surface area (Å²) in [5, 5.41) is 0. The van der Waals surface area contributed by atoms with E-state index in [0.29, 0.717) is 0 Å². The van der Waals surface area contributed by atoms with Gasteiger partial charge in [-0.15, -0.1) is 0 Å². The molecule has 13 heavy (non-hydrogen) atoms. The Labute approximate surface area is 91.5 Å². The van der Waals surface area contributed by atoms with E-state index < -0.39 is 0 Å². The van der Waals surface area contributed by atoms with Crippen molar-refractivity contribution in [2.75, 3.05) is 0 Å². The minimum atomic E-state index is 1.28. The summed E-state index contributed by atoms with van der Waals surface area (Å²) < 4.78 is 3.41. The fraction of sp³-hybridized carbons (Fsp3) is 0.0909. The molecule has 0 atom stereocenters. The second kappa shape index (κ2) is 3.54. The summed E-state index contributed by atoms with van der Waals surface area (Å²) in [5.41, 5.74) is 2.59. The van der Waals surface area contributed by atoms with Crippen LogP contribution in [0.25, 0.3) is 11.1 Å². The summed E-state index contributed by atoms with van der Waals surface area (Å²) in [7, 11) is 2.06. The molecule has 0 aliphatic heterocycles. The van der Waals surface area contributed by atoms with Crippen LogP contribution in [0.1, 0.15) is 0 Å². The molecule has 2 aromatic rings. The van der Waals surface area contributed by atoms with E-state index in [2.05, 4.69) is 70.7 Å². The number of hydrogen-bond donors (Lipinski definition) is 0. The lowest BCUT2D eigenvalue weighted by atomic mass is 10.1. The number of benzene rings is 1. The van der Waals surface area contributed by atoms with Crippen LogP contribution in [0.15, 0.2) is 42.6 Å². The monoisotopic (exact) mass is 283 g/mol. The van der Waals surface area contributed by atoms with E-state index in [1.54, 1.807) is 0 Å². The van der Waals surface area contributed by atoms with Gasteiger partial charge in [0.15, 0.2) is 0 Å². The van der Waals surface area contributed by atoms with Gasteiger partial charge in [0.2, 0.25) is 0 Å². The van der Waals surface area contributed by atoms with Crippen molar-refractivity contribution < 1.29 is 0 Å². The van der Waals surface area contributed by atoms with Gasteiger partial charge in [0.1, 0.15) is 0 Å². The first-order chi connectivity index (χ1) is 6.29. The van der Waals surface area contributed by atoms with Crippen molar-refractivity contribution in [3.63, 3.8) is 0 Å². The maximum atomic E-state index is 2.37. The van der Waals surface area contributed by atoms with E-state index in [4.69, 9.17) is 0 Å². The lowest BCUT2D eigenvalue weighted by molar-refractivity contribution is 0.900. The van der Waals surface area contributed by atoms with E-state index in [9.17, 15) is 0 Å². The Morgan fingerprint density at radius 2 is 1.77 bits per heavy atom. The first-order valence-electron chi connectivity index (χ1n) is 4.15. The molecule has 0 N–H and O–H groups in total. The zero-order valence-electron chi connectivity index (χ0n) is 7.37. The average Bonchev–Trinajstić information content (AvgIpc) is 2.49. The number of hydrogen-bond acceptors (Lipinski definition) is 0. The maximum absolute atomic E-state index is 2.37. The molecule has 0 unspecified atom stereocenters. The molecular formula is C11H10IN. The number of rotatable bonds is 1. The molecule has 0 fully saturated rings. The Balaban J connectivity index is 2.53. The maximum Gasteiger partial charge on any atom is 0.0874 e. The van der Waals surface area contributed by atoms with Crippen LogP contribution < -0.4 is 0 Å². The Kier molecular flexibility index (Phi) is 2.40. The van der Waals surface area contributed by atoms with Gasteiger partial charge in [-0.3, -0.25) is 0 Å². The van der Waals surface area contributed by atoms with Crippen LogP contribution in [0, 0.1) is 3.70 Å². The summed E-state index contributed by atoms with van der Waals surface area (Å²) in [6, 6.07) is 12.6. The predicted molar refractivity (Wildman–Crippen MR) is 63.6 cm³/mol. The highest BCUT2D eigenvalue weighted by molar-refractivity contribution is 14.1. The van der Waals surface area contributed by atoms with Crippen LogP contribution in [0.5, 0.6) is 0 Å². The zero-order chi connectivity index (χ0) is 9.26. The van der Waals surface area contributed by atoms with Crippen LogP contribution in [0.3, 0.4) is 0 Å². The van der Waals surface area contributed by atoms with Crippen molar-refractivity contribution in [3.8, 4) is 11.1 Å². The smallest absolute Gasteiger partial charge is 0.0874 e. The lowest BCUT2D eigenvalue weighted by Crippen LogP contribution is -1.88. The van der Waals surface area contributed by atoms with Gasteiger partial charge in [-0.05, 0) is 34.2 Å². The summed E-state index contributed by atoms with van der Waals surface area (Å²) in [5.74, 6) is 0. The minimum absolute atomic E-state index is 1.28. The highest BCUT2D eigenvalue weighted by Gasteiger charge is 2.04. The SMILES string of the molecule is Cn1ccc(-c2ccccc2)c1I. The van der Waals surface area contributed by atoms with Crippen LogP contribution in [0.2, 0.25) is 0 Å². The topological polar surface area (TPSA) is 4.93 Å². The Morgan fingerprint density at radius 1 is 1.08 bits per heavy atom. The molecule has 0 bridgehead atoms. The largest absolute Gasteiger partial charge is 0.346 e. The van der Waals surface area contributed by atoms with Gasteiger partial charge in [0.05, 0.1) is 3.70 Å². The van der Waals surface area contributed by atoms with Gasteiger partial charge < -0.3 is 4.57 Å². The second-order valence-corrected chi connectivity index (χ2v) is 4.02.